The first-order valence-corrected chi connectivity index (χ1v) is 12.8. The highest BCUT2D eigenvalue weighted by Gasteiger charge is 2.33. The van der Waals surface area contributed by atoms with Crippen molar-refractivity contribution in [2.24, 2.45) is 0 Å². The molecule has 34 heavy (non-hydrogen) atoms. The van der Waals surface area contributed by atoms with Crippen LogP contribution in [0.2, 0.25) is 0 Å². The van der Waals surface area contributed by atoms with E-state index in [1.807, 2.05) is 6.92 Å². The Balaban J connectivity index is 1.26. The lowest BCUT2D eigenvalue weighted by Gasteiger charge is -2.38. The fraction of sp³-hybridized carbons (Fsp3) is 0.393. The van der Waals surface area contributed by atoms with Crippen molar-refractivity contribution >= 4 is 29.1 Å². The predicted molar refractivity (Wildman–Crippen MR) is 143 cm³/mol. The third kappa shape index (κ3) is 5.07. The molecule has 3 aromatic rings. The molecule has 0 unspecified atom stereocenters. The molecule has 1 aliphatic heterocycles. The van der Waals surface area contributed by atoms with Gasteiger partial charge in [0.15, 0.2) is 5.11 Å². The molecule has 1 saturated carbocycles. The Morgan fingerprint density at radius 3 is 2.50 bits per heavy atom. The highest BCUT2D eigenvalue weighted by atomic mass is 32.1. The number of aryl methyl sites for hydroxylation is 1. The van der Waals surface area contributed by atoms with Crippen LogP contribution in [0.4, 0.5) is 11.8 Å². The second kappa shape index (κ2) is 10.1. The zero-order chi connectivity index (χ0) is 23.4. The van der Waals surface area contributed by atoms with E-state index in [1.54, 1.807) is 0 Å². The summed E-state index contributed by atoms with van der Waals surface area (Å²) in [5, 5.41) is 7.34. The fourth-order valence-electron chi connectivity index (χ4n) is 5.44. The normalized spacial score (nSPS) is 17.0. The number of thiocarbonyl (C=S) groups is 1. The monoisotopic (exact) mass is 471 g/mol. The summed E-state index contributed by atoms with van der Waals surface area (Å²) in [5.41, 5.74) is 5.27. The Bertz CT molecular complexity index is 1140. The van der Waals surface area contributed by atoms with Gasteiger partial charge in [-0.3, -0.25) is 0 Å². The van der Waals surface area contributed by atoms with E-state index in [-0.39, 0.29) is 5.41 Å². The first-order valence-electron chi connectivity index (χ1n) is 12.4. The number of nitrogens with zero attached hydrogens (tertiary/aromatic N) is 3. The van der Waals surface area contributed by atoms with Crippen molar-refractivity contribution in [3.63, 3.8) is 0 Å². The summed E-state index contributed by atoms with van der Waals surface area (Å²) in [5.74, 6) is 1.50. The molecule has 1 fully saturated rings. The van der Waals surface area contributed by atoms with Crippen molar-refractivity contribution < 1.29 is 0 Å². The van der Waals surface area contributed by atoms with Gasteiger partial charge in [-0.05, 0) is 55.1 Å². The number of hydrogen-bond donors (Lipinski definition) is 2. The fourth-order valence-corrected chi connectivity index (χ4v) is 5.61. The van der Waals surface area contributed by atoms with Crippen LogP contribution in [0.1, 0.15) is 54.5 Å². The van der Waals surface area contributed by atoms with Gasteiger partial charge in [-0.15, -0.1) is 0 Å². The molecule has 176 valence electrons. The molecular formula is C28H33N5S. The maximum absolute atomic E-state index is 5.68. The van der Waals surface area contributed by atoms with Crippen LogP contribution in [0.3, 0.4) is 0 Å². The van der Waals surface area contributed by atoms with Crippen molar-refractivity contribution in [2.45, 2.75) is 57.4 Å². The smallest absolute Gasteiger partial charge is 0.231 e. The third-order valence-electron chi connectivity index (χ3n) is 7.30. The Morgan fingerprint density at radius 1 is 0.971 bits per heavy atom. The zero-order valence-corrected chi connectivity index (χ0v) is 20.7. The molecule has 5 nitrogen and oxygen atoms in total. The lowest BCUT2D eigenvalue weighted by atomic mass is 9.69. The van der Waals surface area contributed by atoms with E-state index < -0.39 is 0 Å². The summed E-state index contributed by atoms with van der Waals surface area (Å²) in [7, 11) is 0. The molecule has 2 heterocycles. The van der Waals surface area contributed by atoms with Crippen LogP contribution in [-0.2, 0) is 18.4 Å². The molecule has 0 amide bonds. The molecule has 2 aliphatic rings. The Hall–Kier alpha value is -2.99. The SMILES string of the molecule is Cc1cc(N2CCc3ccccc3C2)nc(NC(=S)NCC2(c3ccccc3)CCCCC2)n1. The number of anilines is 2. The van der Waals surface area contributed by atoms with E-state index in [9.17, 15) is 0 Å². The third-order valence-corrected chi connectivity index (χ3v) is 7.55. The van der Waals surface area contributed by atoms with Gasteiger partial charge in [0.05, 0.1) is 0 Å². The van der Waals surface area contributed by atoms with Gasteiger partial charge in [-0.25, -0.2) is 4.98 Å². The van der Waals surface area contributed by atoms with Crippen molar-refractivity contribution in [3.05, 3.63) is 83.0 Å². The molecule has 1 aliphatic carbocycles. The highest BCUT2D eigenvalue weighted by Crippen LogP contribution is 2.39. The summed E-state index contributed by atoms with van der Waals surface area (Å²) in [6, 6.07) is 21.6. The van der Waals surface area contributed by atoms with Crippen molar-refractivity contribution in [3.8, 4) is 0 Å². The Labute approximate surface area is 208 Å². The van der Waals surface area contributed by atoms with E-state index >= 15 is 0 Å². The second-order valence-corrected chi connectivity index (χ2v) is 10.1. The average Bonchev–Trinajstić information content (AvgIpc) is 2.88. The van der Waals surface area contributed by atoms with Gasteiger partial charge >= 0.3 is 0 Å². The number of nitrogens with one attached hydrogen (secondary N) is 2. The Kier molecular flexibility index (Phi) is 6.77. The molecule has 2 aromatic carbocycles. The molecule has 0 bridgehead atoms. The number of aromatic nitrogens is 2. The molecule has 0 spiro atoms. The first-order chi connectivity index (χ1) is 16.6. The summed E-state index contributed by atoms with van der Waals surface area (Å²) in [6.45, 7) is 4.66. The van der Waals surface area contributed by atoms with Crippen molar-refractivity contribution in [2.75, 3.05) is 23.3 Å². The standard InChI is InChI=1S/C28H33N5S/c1-21-18-25(33-17-14-22-10-6-7-11-23(22)19-33)31-26(30-21)32-27(34)29-20-28(15-8-3-9-16-28)24-12-4-2-5-13-24/h2,4-7,10-13,18H,3,8-9,14-17,19-20H2,1H3,(H2,29,30,31,32,34). The van der Waals surface area contributed by atoms with Gasteiger partial charge in [0.25, 0.3) is 0 Å². The number of benzene rings is 2. The van der Waals surface area contributed by atoms with Gasteiger partial charge in [0, 0.05) is 36.8 Å². The minimum absolute atomic E-state index is 0.130. The van der Waals surface area contributed by atoms with E-state index in [4.69, 9.17) is 17.2 Å². The largest absolute Gasteiger partial charge is 0.361 e. The van der Waals surface area contributed by atoms with Crippen LogP contribution in [-0.4, -0.2) is 28.2 Å². The lowest BCUT2D eigenvalue weighted by molar-refractivity contribution is 0.292. The van der Waals surface area contributed by atoms with Crippen LogP contribution in [0, 0.1) is 6.92 Å². The molecule has 0 radical (unpaired) electrons. The average molecular weight is 472 g/mol. The van der Waals surface area contributed by atoms with Gasteiger partial charge < -0.3 is 15.5 Å². The van der Waals surface area contributed by atoms with E-state index in [0.717, 1.165) is 37.6 Å². The van der Waals surface area contributed by atoms with Crippen LogP contribution in [0.5, 0.6) is 0 Å². The zero-order valence-electron chi connectivity index (χ0n) is 19.9. The molecule has 5 rings (SSSR count). The highest BCUT2D eigenvalue weighted by molar-refractivity contribution is 7.80. The molecule has 0 atom stereocenters. The minimum atomic E-state index is 0.130. The van der Waals surface area contributed by atoms with E-state index in [0.29, 0.717) is 11.1 Å². The van der Waals surface area contributed by atoms with E-state index in [2.05, 4.69) is 81.2 Å². The van der Waals surface area contributed by atoms with E-state index in [1.165, 1.54) is 48.8 Å². The lowest BCUT2D eigenvalue weighted by Crippen LogP contribution is -2.43. The summed E-state index contributed by atoms with van der Waals surface area (Å²) < 4.78 is 0. The van der Waals surface area contributed by atoms with Crippen molar-refractivity contribution in [1.29, 1.82) is 0 Å². The van der Waals surface area contributed by atoms with Gasteiger partial charge in [0.2, 0.25) is 5.95 Å². The Morgan fingerprint density at radius 2 is 1.71 bits per heavy atom. The maximum Gasteiger partial charge on any atom is 0.231 e. The van der Waals surface area contributed by atoms with Crippen LogP contribution < -0.4 is 15.5 Å². The summed E-state index contributed by atoms with van der Waals surface area (Å²) >= 11 is 5.68. The van der Waals surface area contributed by atoms with Gasteiger partial charge in [0.1, 0.15) is 5.82 Å². The number of rotatable bonds is 5. The first kappa shape index (κ1) is 22.8. The van der Waals surface area contributed by atoms with Crippen molar-refractivity contribution in [1.82, 2.24) is 15.3 Å². The number of hydrogen-bond acceptors (Lipinski definition) is 4. The molecule has 1 aromatic heterocycles. The number of fused-ring (bicyclic) bond motifs is 1. The van der Waals surface area contributed by atoms with Gasteiger partial charge in [-0.1, -0.05) is 73.9 Å². The molecule has 2 N–H and O–H groups in total. The molecule has 0 saturated heterocycles. The maximum atomic E-state index is 5.68. The van der Waals surface area contributed by atoms with Crippen LogP contribution in [0.25, 0.3) is 0 Å². The predicted octanol–water partition coefficient (Wildman–Crippen LogP) is 5.54. The summed E-state index contributed by atoms with van der Waals surface area (Å²) in [6.07, 6.45) is 7.25. The topological polar surface area (TPSA) is 53.1 Å². The molecular weight excluding hydrogens is 438 g/mol. The molecule has 6 heteroatoms. The van der Waals surface area contributed by atoms with Crippen LogP contribution in [0.15, 0.2) is 60.7 Å². The minimum Gasteiger partial charge on any atom is -0.361 e. The van der Waals surface area contributed by atoms with Gasteiger partial charge in [-0.2, -0.15) is 4.98 Å². The summed E-state index contributed by atoms with van der Waals surface area (Å²) in [4.78, 5) is 11.7. The quantitative estimate of drug-likeness (QED) is 0.477. The second-order valence-electron chi connectivity index (χ2n) is 9.65. The van der Waals surface area contributed by atoms with Crippen LogP contribution >= 0.6 is 12.2 Å².